The van der Waals surface area contributed by atoms with Crippen LogP contribution in [0.15, 0.2) is 30.3 Å². The first-order valence-electron chi connectivity index (χ1n) is 10.9. The van der Waals surface area contributed by atoms with E-state index in [0.29, 0.717) is 35.5 Å². The number of likely N-dealkylation sites (tertiary alicyclic amines) is 1. The minimum atomic E-state index is 0.126. The Kier molecular flexibility index (Phi) is 3.70. The number of carbonyl (C=O) groups excluding carboxylic acids is 1. The van der Waals surface area contributed by atoms with Crippen molar-refractivity contribution in [2.75, 3.05) is 19.6 Å². The Balaban J connectivity index is 1.34. The number of piperidine rings is 3. The summed E-state index contributed by atoms with van der Waals surface area (Å²) in [7, 11) is 0. The van der Waals surface area contributed by atoms with E-state index in [4.69, 9.17) is 0 Å². The number of aromatic amines is 1. The van der Waals surface area contributed by atoms with Gasteiger partial charge in [0, 0.05) is 30.1 Å². The molecule has 5 fully saturated rings. The van der Waals surface area contributed by atoms with Gasteiger partial charge in [0.25, 0.3) is 5.91 Å². The van der Waals surface area contributed by atoms with Gasteiger partial charge < -0.3 is 4.90 Å². The first kappa shape index (κ1) is 16.8. The highest BCUT2D eigenvalue weighted by Crippen LogP contribution is 2.47. The van der Waals surface area contributed by atoms with Gasteiger partial charge >= 0.3 is 0 Å². The Labute approximate surface area is 166 Å². The molecular formula is C23H28N4O. The van der Waals surface area contributed by atoms with E-state index < -0.39 is 0 Å². The molecule has 0 unspecified atom stereocenters. The number of fused-ring (bicyclic) bond motifs is 2. The number of carbonyl (C=O) groups is 1. The standard InChI is InChI=1S/C23H28N4O/c1-14-2-4-15(5-3-14)18-13-27(21-17-8-10-26(11-9-17)22(18)21)23(28)20-12-19(24-25-20)16-6-7-16/h2-5,12,16-18,21-22H,6-11,13H2,1H3,(H,24,25)/t18-,21-,22-/m0/s1. The molecule has 1 aromatic heterocycles. The van der Waals surface area contributed by atoms with Gasteiger partial charge in [0.1, 0.15) is 5.69 Å². The quantitative estimate of drug-likeness (QED) is 0.894. The Bertz CT molecular complexity index is 892. The fourth-order valence-corrected chi connectivity index (χ4v) is 5.96. The number of H-pyrrole nitrogens is 1. The van der Waals surface area contributed by atoms with Gasteiger partial charge in [-0.15, -0.1) is 0 Å². The van der Waals surface area contributed by atoms with Gasteiger partial charge in [-0.25, -0.2) is 0 Å². The Morgan fingerprint density at radius 2 is 1.82 bits per heavy atom. The Morgan fingerprint density at radius 3 is 2.54 bits per heavy atom. The van der Waals surface area contributed by atoms with Crippen molar-refractivity contribution in [2.45, 2.75) is 56.5 Å². The van der Waals surface area contributed by atoms with Gasteiger partial charge in [-0.05, 0) is 63.2 Å². The predicted molar refractivity (Wildman–Crippen MR) is 107 cm³/mol. The van der Waals surface area contributed by atoms with Crippen LogP contribution in [-0.2, 0) is 0 Å². The molecule has 0 radical (unpaired) electrons. The van der Waals surface area contributed by atoms with Crippen molar-refractivity contribution in [1.82, 2.24) is 20.0 Å². The SMILES string of the molecule is Cc1ccc([C@@H]2CN(C(=O)c3cc(C4CC4)[nH]n3)[C@H]3C4CCN(CC4)[C@@H]23)cc1. The average Bonchev–Trinajstić information content (AvgIpc) is 3.31. The van der Waals surface area contributed by atoms with Crippen molar-refractivity contribution in [1.29, 1.82) is 0 Å². The van der Waals surface area contributed by atoms with Crippen molar-refractivity contribution in [3.63, 3.8) is 0 Å². The Morgan fingerprint density at radius 1 is 1.07 bits per heavy atom. The molecule has 7 rings (SSSR count). The summed E-state index contributed by atoms with van der Waals surface area (Å²) in [6.07, 6.45) is 4.88. The fourth-order valence-electron chi connectivity index (χ4n) is 5.96. The summed E-state index contributed by atoms with van der Waals surface area (Å²) in [6.45, 7) is 5.32. The molecule has 4 aliphatic heterocycles. The number of hydrogen-bond donors (Lipinski definition) is 1. The van der Waals surface area contributed by atoms with E-state index in [1.165, 1.54) is 49.9 Å². The number of nitrogens with zero attached hydrogens (tertiary/aromatic N) is 3. The van der Waals surface area contributed by atoms with Crippen LogP contribution in [0.1, 0.15) is 64.8 Å². The first-order valence-corrected chi connectivity index (χ1v) is 10.9. The number of amides is 1. The van der Waals surface area contributed by atoms with Gasteiger partial charge in [0.15, 0.2) is 0 Å². The van der Waals surface area contributed by atoms with Crippen LogP contribution in [0.3, 0.4) is 0 Å². The van der Waals surface area contributed by atoms with Crippen molar-refractivity contribution in [3.05, 3.63) is 52.8 Å². The molecule has 1 aromatic carbocycles. The molecule has 2 aromatic rings. The summed E-state index contributed by atoms with van der Waals surface area (Å²) in [5.74, 6) is 1.76. The molecule has 4 saturated heterocycles. The third-order valence-corrected chi connectivity index (χ3v) is 7.59. The number of rotatable bonds is 3. The Hall–Kier alpha value is -2.14. The topological polar surface area (TPSA) is 52.2 Å². The zero-order valence-electron chi connectivity index (χ0n) is 16.5. The van der Waals surface area contributed by atoms with Crippen molar-refractivity contribution >= 4 is 5.91 Å². The third kappa shape index (κ3) is 2.55. The van der Waals surface area contributed by atoms with Gasteiger partial charge in [-0.2, -0.15) is 5.10 Å². The van der Waals surface area contributed by atoms with E-state index in [1.54, 1.807) is 0 Å². The van der Waals surface area contributed by atoms with E-state index in [9.17, 15) is 4.79 Å². The number of aryl methyl sites for hydroxylation is 1. The molecule has 1 N–H and O–H groups in total. The van der Waals surface area contributed by atoms with Crippen LogP contribution >= 0.6 is 0 Å². The van der Waals surface area contributed by atoms with Crippen molar-refractivity contribution in [2.24, 2.45) is 5.92 Å². The predicted octanol–water partition coefficient (Wildman–Crippen LogP) is 3.30. The molecule has 5 nitrogen and oxygen atoms in total. The summed E-state index contributed by atoms with van der Waals surface area (Å²) < 4.78 is 0. The largest absolute Gasteiger partial charge is 0.332 e. The number of benzene rings is 1. The van der Waals surface area contributed by atoms with Gasteiger partial charge in [0.2, 0.25) is 0 Å². The zero-order chi connectivity index (χ0) is 18.8. The van der Waals surface area contributed by atoms with Gasteiger partial charge in [0.05, 0.1) is 6.04 Å². The number of aromatic nitrogens is 2. The van der Waals surface area contributed by atoms with Crippen LogP contribution in [0.4, 0.5) is 0 Å². The molecular weight excluding hydrogens is 348 g/mol. The number of nitrogens with one attached hydrogen (secondary N) is 1. The highest BCUT2D eigenvalue weighted by atomic mass is 16.2. The second-order valence-electron chi connectivity index (χ2n) is 9.31. The smallest absolute Gasteiger partial charge is 0.274 e. The lowest BCUT2D eigenvalue weighted by atomic mass is 9.75. The highest BCUT2D eigenvalue weighted by Gasteiger charge is 2.54. The normalized spacial score (nSPS) is 33.9. The van der Waals surface area contributed by atoms with Gasteiger partial charge in [-0.3, -0.25) is 14.8 Å². The van der Waals surface area contributed by atoms with E-state index in [1.807, 2.05) is 6.07 Å². The zero-order valence-corrected chi connectivity index (χ0v) is 16.5. The molecule has 5 heterocycles. The molecule has 1 amide bonds. The van der Waals surface area contributed by atoms with E-state index in [2.05, 4.69) is 51.2 Å². The average molecular weight is 377 g/mol. The first-order chi connectivity index (χ1) is 13.7. The maximum Gasteiger partial charge on any atom is 0.274 e. The monoisotopic (exact) mass is 376 g/mol. The molecule has 146 valence electrons. The van der Waals surface area contributed by atoms with Crippen LogP contribution in [-0.4, -0.2) is 57.6 Å². The lowest BCUT2D eigenvalue weighted by molar-refractivity contribution is -0.00358. The third-order valence-electron chi connectivity index (χ3n) is 7.59. The highest BCUT2D eigenvalue weighted by molar-refractivity contribution is 5.93. The second-order valence-corrected chi connectivity index (χ2v) is 9.31. The molecule has 1 aliphatic carbocycles. The minimum Gasteiger partial charge on any atom is -0.332 e. The van der Waals surface area contributed by atoms with Crippen molar-refractivity contribution < 1.29 is 4.79 Å². The van der Waals surface area contributed by atoms with Crippen molar-refractivity contribution in [3.8, 4) is 0 Å². The molecule has 0 spiro atoms. The van der Waals surface area contributed by atoms with E-state index in [-0.39, 0.29) is 5.91 Å². The summed E-state index contributed by atoms with van der Waals surface area (Å²) in [4.78, 5) is 18.3. The van der Waals surface area contributed by atoms with Gasteiger partial charge in [-0.1, -0.05) is 29.8 Å². The van der Waals surface area contributed by atoms with E-state index >= 15 is 0 Å². The molecule has 3 atom stereocenters. The van der Waals surface area contributed by atoms with Crippen LogP contribution in [0.5, 0.6) is 0 Å². The molecule has 5 aliphatic rings. The summed E-state index contributed by atoms with van der Waals surface area (Å²) in [6, 6.07) is 11.8. The summed E-state index contributed by atoms with van der Waals surface area (Å²) in [5.41, 5.74) is 4.43. The number of hydrogen-bond acceptors (Lipinski definition) is 3. The summed E-state index contributed by atoms with van der Waals surface area (Å²) >= 11 is 0. The fraction of sp³-hybridized carbons (Fsp3) is 0.565. The lowest BCUT2D eigenvalue weighted by Crippen LogP contribution is -2.60. The van der Waals surface area contributed by atoms with Crippen LogP contribution in [0, 0.1) is 12.8 Å². The van der Waals surface area contributed by atoms with Crippen LogP contribution in [0.25, 0.3) is 0 Å². The van der Waals surface area contributed by atoms with Crippen LogP contribution < -0.4 is 0 Å². The molecule has 5 heteroatoms. The van der Waals surface area contributed by atoms with Crippen LogP contribution in [0.2, 0.25) is 0 Å². The maximum atomic E-state index is 13.5. The maximum absolute atomic E-state index is 13.5. The lowest BCUT2D eigenvalue weighted by Gasteiger charge is -2.51. The minimum absolute atomic E-state index is 0.126. The second kappa shape index (κ2) is 6.18. The van der Waals surface area contributed by atoms with E-state index in [0.717, 1.165) is 12.2 Å². The molecule has 28 heavy (non-hydrogen) atoms. The molecule has 1 saturated carbocycles. The summed E-state index contributed by atoms with van der Waals surface area (Å²) in [5, 5.41) is 7.52. The molecule has 2 bridgehead atoms.